The molecule has 79 heavy (non-hydrogen) atoms. The third-order valence-electron chi connectivity index (χ3n) is 12.7. The van der Waals surface area contributed by atoms with Crippen molar-refractivity contribution in [2.75, 3.05) is 13.2 Å². The topological polar surface area (TPSA) is 78.9 Å². The molecule has 0 N–H and O–H groups in total. The van der Waals surface area contributed by atoms with Gasteiger partial charge < -0.3 is 14.2 Å². The van der Waals surface area contributed by atoms with Crippen LogP contribution in [0.25, 0.3) is 0 Å². The van der Waals surface area contributed by atoms with Crippen LogP contribution in [0.15, 0.2) is 170 Å². The molecule has 0 aromatic heterocycles. The maximum Gasteiger partial charge on any atom is 0.306 e. The minimum absolute atomic E-state index is 0.108. The second kappa shape index (κ2) is 65.3. The minimum atomic E-state index is -0.815. The molecule has 0 aromatic rings. The highest BCUT2D eigenvalue weighted by Crippen LogP contribution is 2.14. The van der Waals surface area contributed by atoms with Crippen LogP contribution < -0.4 is 0 Å². The lowest BCUT2D eigenvalue weighted by Gasteiger charge is -2.18. The van der Waals surface area contributed by atoms with Crippen LogP contribution in [0.5, 0.6) is 0 Å². The van der Waals surface area contributed by atoms with E-state index in [9.17, 15) is 14.4 Å². The summed E-state index contributed by atoms with van der Waals surface area (Å²) in [6, 6.07) is 0. The van der Waals surface area contributed by atoms with Crippen LogP contribution in [0.1, 0.15) is 252 Å². The molecular formula is C73H114O6. The smallest absolute Gasteiger partial charge is 0.306 e. The quantitative estimate of drug-likeness (QED) is 0.0261. The summed E-state index contributed by atoms with van der Waals surface area (Å²) in [7, 11) is 0. The zero-order valence-corrected chi connectivity index (χ0v) is 50.6. The molecule has 0 aromatic carbocycles. The van der Waals surface area contributed by atoms with E-state index in [1.165, 1.54) is 38.5 Å². The Labute approximate surface area is 485 Å². The second-order valence-corrected chi connectivity index (χ2v) is 20.2. The van der Waals surface area contributed by atoms with Gasteiger partial charge in [0.25, 0.3) is 0 Å². The number of hydrogen-bond acceptors (Lipinski definition) is 6. The van der Waals surface area contributed by atoms with Crippen LogP contribution in [0.2, 0.25) is 0 Å². The largest absolute Gasteiger partial charge is 0.462 e. The van der Waals surface area contributed by atoms with Gasteiger partial charge in [-0.2, -0.15) is 0 Å². The summed E-state index contributed by atoms with van der Waals surface area (Å²) < 4.78 is 16.8. The van der Waals surface area contributed by atoms with Gasteiger partial charge in [-0.1, -0.05) is 255 Å². The van der Waals surface area contributed by atoms with Crippen LogP contribution in [-0.2, 0) is 28.6 Å². The van der Waals surface area contributed by atoms with Crippen molar-refractivity contribution >= 4 is 17.9 Å². The molecule has 6 nitrogen and oxygen atoms in total. The Morgan fingerprint density at radius 1 is 0.253 bits per heavy atom. The first-order valence-corrected chi connectivity index (χ1v) is 31.6. The van der Waals surface area contributed by atoms with E-state index in [0.29, 0.717) is 12.8 Å². The maximum absolute atomic E-state index is 12.9. The van der Waals surface area contributed by atoms with Gasteiger partial charge in [0.15, 0.2) is 6.10 Å². The Hall–Kier alpha value is -5.23. The zero-order valence-electron chi connectivity index (χ0n) is 50.6. The SMILES string of the molecule is CC/C=C\C/C=C\C/C=C\C/C=C\C/C=C\C/C=C\C/C=C\CCCCCCCCCCCC(=O)OCC(COC(=O)CCCCC/C=C\C/C=C\C/C=C\CC)OC(=O)CCCCCC/C=C\C/C=C\C/C=C\C/C=C\CC. The van der Waals surface area contributed by atoms with Crippen molar-refractivity contribution in [3.8, 4) is 0 Å². The average molecular weight is 1090 g/mol. The second-order valence-electron chi connectivity index (χ2n) is 20.2. The first-order valence-electron chi connectivity index (χ1n) is 31.6. The highest BCUT2D eigenvalue weighted by atomic mass is 16.6. The maximum atomic E-state index is 12.9. The van der Waals surface area contributed by atoms with Gasteiger partial charge in [-0.05, 0) is 148 Å². The molecule has 0 saturated heterocycles. The van der Waals surface area contributed by atoms with Gasteiger partial charge in [0.05, 0.1) is 0 Å². The molecule has 0 spiro atoms. The lowest BCUT2D eigenvalue weighted by Crippen LogP contribution is -2.30. The number of ether oxygens (including phenoxy) is 3. The molecule has 0 rings (SSSR count). The van der Waals surface area contributed by atoms with Crippen LogP contribution >= 0.6 is 0 Å². The average Bonchev–Trinajstić information content (AvgIpc) is 3.45. The Bertz CT molecular complexity index is 1820. The van der Waals surface area contributed by atoms with Gasteiger partial charge in [0.2, 0.25) is 0 Å². The monoisotopic (exact) mass is 1090 g/mol. The van der Waals surface area contributed by atoms with E-state index in [2.05, 4.69) is 191 Å². The Balaban J connectivity index is 4.36. The summed E-state index contributed by atoms with van der Waals surface area (Å²) >= 11 is 0. The Morgan fingerprint density at radius 2 is 0.456 bits per heavy atom. The van der Waals surface area contributed by atoms with Crippen molar-refractivity contribution < 1.29 is 28.6 Å². The molecular weight excluding hydrogens is 973 g/mol. The minimum Gasteiger partial charge on any atom is -0.462 e. The molecule has 0 bridgehead atoms. The molecule has 0 amide bonds. The Morgan fingerprint density at radius 3 is 0.722 bits per heavy atom. The third kappa shape index (κ3) is 63.5. The molecule has 1 unspecified atom stereocenters. The van der Waals surface area contributed by atoms with Crippen molar-refractivity contribution in [1.82, 2.24) is 0 Å². The highest BCUT2D eigenvalue weighted by molar-refractivity contribution is 5.71. The Kier molecular flexibility index (Phi) is 61.0. The van der Waals surface area contributed by atoms with Gasteiger partial charge in [-0.25, -0.2) is 0 Å². The summed E-state index contributed by atoms with van der Waals surface area (Å²) in [5, 5.41) is 0. The fourth-order valence-corrected chi connectivity index (χ4v) is 8.07. The van der Waals surface area contributed by atoms with Crippen molar-refractivity contribution in [3.05, 3.63) is 170 Å². The third-order valence-corrected chi connectivity index (χ3v) is 12.7. The number of rotatable bonds is 55. The van der Waals surface area contributed by atoms with Gasteiger partial charge in [0.1, 0.15) is 13.2 Å². The summed E-state index contributed by atoms with van der Waals surface area (Å²) in [5.41, 5.74) is 0. The van der Waals surface area contributed by atoms with E-state index in [1.807, 2.05) is 0 Å². The number of hydrogen-bond donors (Lipinski definition) is 0. The number of esters is 3. The number of carbonyl (C=O) groups excluding carboxylic acids is 3. The number of unbranched alkanes of at least 4 members (excludes halogenated alkanes) is 16. The van der Waals surface area contributed by atoms with Crippen molar-refractivity contribution in [2.45, 2.75) is 258 Å². The number of allylic oxidation sites excluding steroid dienone is 28. The zero-order chi connectivity index (χ0) is 57.1. The summed E-state index contributed by atoms with van der Waals surface area (Å²) in [4.78, 5) is 38.3. The van der Waals surface area contributed by atoms with E-state index in [4.69, 9.17) is 14.2 Å². The molecule has 0 radical (unpaired) electrons. The number of carbonyl (C=O) groups is 3. The van der Waals surface area contributed by atoms with Crippen molar-refractivity contribution in [2.24, 2.45) is 0 Å². The fraction of sp³-hybridized carbons (Fsp3) is 0.575. The molecule has 0 aliphatic heterocycles. The predicted molar refractivity (Wildman–Crippen MR) is 343 cm³/mol. The van der Waals surface area contributed by atoms with Crippen LogP contribution in [-0.4, -0.2) is 37.2 Å². The van der Waals surface area contributed by atoms with E-state index in [1.54, 1.807) is 0 Å². The molecule has 6 heteroatoms. The van der Waals surface area contributed by atoms with E-state index >= 15 is 0 Å². The highest BCUT2D eigenvalue weighted by Gasteiger charge is 2.19. The van der Waals surface area contributed by atoms with E-state index in [0.717, 1.165) is 173 Å². The molecule has 442 valence electrons. The lowest BCUT2D eigenvalue weighted by atomic mass is 10.1. The van der Waals surface area contributed by atoms with Crippen molar-refractivity contribution in [3.63, 3.8) is 0 Å². The molecule has 0 aliphatic rings. The fourth-order valence-electron chi connectivity index (χ4n) is 8.07. The molecule has 0 aliphatic carbocycles. The van der Waals surface area contributed by atoms with Crippen LogP contribution in [0.3, 0.4) is 0 Å². The molecule has 0 heterocycles. The van der Waals surface area contributed by atoms with Gasteiger partial charge >= 0.3 is 17.9 Å². The normalized spacial score (nSPS) is 13.3. The van der Waals surface area contributed by atoms with Crippen molar-refractivity contribution in [1.29, 1.82) is 0 Å². The van der Waals surface area contributed by atoms with Gasteiger partial charge in [0, 0.05) is 19.3 Å². The molecule has 0 saturated carbocycles. The summed E-state index contributed by atoms with van der Waals surface area (Å²) in [6.45, 7) is 6.23. The van der Waals surface area contributed by atoms with Gasteiger partial charge in [-0.3, -0.25) is 14.4 Å². The molecule has 0 fully saturated rings. The summed E-state index contributed by atoms with van der Waals surface area (Å²) in [6.07, 6.45) is 96.5. The molecule has 1 atom stereocenters. The first kappa shape index (κ1) is 73.8. The van der Waals surface area contributed by atoms with E-state index < -0.39 is 6.10 Å². The van der Waals surface area contributed by atoms with E-state index in [-0.39, 0.29) is 37.5 Å². The standard InChI is InChI=1S/C73H114O6/c1-4-7-10-13-16-19-22-25-27-29-30-31-32-33-34-35-36-37-38-39-40-41-42-44-45-48-51-54-57-60-63-66-72(75)78-69-70(68-77-71(74)65-62-59-56-53-50-47-24-21-18-15-12-9-6-3)79-73(76)67-64-61-58-55-52-49-46-43-28-26-23-20-17-14-11-8-5-2/h7-12,16-21,25-28,30-31,33-34,36-37,39-40,46-47,49-50,70H,4-6,13-15,22-24,29,32,35,38,41-45,48,51-69H2,1-3H3/b10-7-,11-8-,12-9-,19-16-,20-17-,21-18-,27-25-,28-26-,31-30-,34-33-,37-36-,40-39-,49-46-,50-47-. The summed E-state index contributed by atoms with van der Waals surface area (Å²) in [5.74, 6) is -0.974. The predicted octanol–water partition coefficient (Wildman–Crippen LogP) is 21.9. The first-order chi connectivity index (χ1) is 39.0. The van der Waals surface area contributed by atoms with Gasteiger partial charge in [-0.15, -0.1) is 0 Å². The van der Waals surface area contributed by atoms with Crippen LogP contribution in [0, 0.1) is 0 Å². The van der Waals surface area contributed by atoms with Crippen LogP contribution in [0.4, 0.5) is 0 Å². The lowest BCUT2D eigenvalue weighted by molar-refractivity contribution is -0.167.